The van der Waals surface area contributed by atoms with Gasteiger partial charge in [0, 0.05) is 11.8 Å². The lowest BCUT2D eigenvalue weighted by atomic mass is 10.2. The van der Waals surface area contributed by atoms with E-state index in [0.717, 1.165) is 19.4 Å². The van der Waals surface area contributed by atoms with E-state index in [1.165, 1.54) is 0 Å². The standard InChI is InChI=1S/C11H8F3NO3/c1-18-10-8(11(12,13)14)5-7(6-15-10)3-2-4-9(16)17/h5-6H,4H2,1H3,(H,16,17). The number of carboxylic acids is 1. The minimum atomic E-state index is -4.61. The van der Waals surface area contributed by atoms with Gasteiger partial charge in [-0.15, -0.1) is 0 Å². The van der Waals surface area contributed by atoms with E-state index < -0.39 is 30.0 Å². The Hall–Kier alpha value is -2.23. The molecule has 0 aromatic carbocycles. The van der Waals surface area contributed by atoms with Crippen molar-refractivity contribution < 1.29 is 27.8 Å². The molecule has 1 aromatic heterocycles. The molecule has 7 heteroatoms. The number of ether oxygens (including phenoxy) is 1. The molecule has 18 heavy (non-hydrogen) atoms. The van der Waals surface area contributed by atoms with Gasteiger partial charge in [0.05, 0.1) is 7.11 Å². The van der Waals surface area contributed by atoms with E-state index in [4.69, 9.17) is 5.11 Å². The maximum absolute atomic E-state index is 12.6. The predicted molar refractivity (Wildman–Crippen MR) is 54.9 cm³/mol. The van der Waals surface area contributed by atoms with Gasteiger partial charge in [-0.05, 0) is 6.07 Å². The smallest absolute Gasteiger partial charge is 0.421 e. The van der Waals surface area contributed by atoms with Crippen LogP contribution < -0.4 is 4.74 Å². The molecule has 0 aliphatic rings. The van der Waals surface area contributed by atoms with Crippen molar-refractivity contribution in [1.82, 2.24) is 4.98 Å². The monoisotopic (exact) mass is 259 g/mol. The number of pyridine rings is 1. The van der Waals surface area contributed by atoms with Crippen LogP contribution in [0, 0.1) is 11.8 Å². The van der Waals surface area contributed by atoms with Crippen LogP contribution in [0.2, 0.25) is 0 Å². The van der Waals surface area contributed by atoms with Gasteiger partial charge in [0.1, 0.15) is 12.0 Å². The summed E-state index contributed by atoms with van der Waals surface area (Å²) in [5.74, 6) is 2.81. The van der Waals surface area contributed by atoms with Gasteiger partial charge in [-0.3, -0.25) is 4.79 Å². The molecule has 0 saturated carbocycles. The number of alkyl halides is 3. The van der Waals surface area contributed by atoms with Gasteiger partial charge >= 0.3 is 12.1 Å². The first kappa shape index (κ1) is 13.8. The molecular formula is C11H8F3NO3. The second-order valence-corrected chi connectivity index (χ2v) is 3.15. The lowest BCUT2D eigenvalue weighted by molar-refractivity contribution is -0.139. The summed E-state index contributed by atoms with van der Waals surface area (Å²) in [7, 11) is 1.08. The molecule has 0 unspecified atom stereocenters. The number of nitrogens with zero attached hydrogens (tertiary/aromatic N) is 1. The number of hydrogen-bond donors (Lipinski definition) is 1. The molecule has 0 bridgehead atoms. The van der Waals surface area contributed by atoms with Crippen molar-refractivity contribution in [1.29, 1.82) is 0 Å². The Morgan fingerprint density at radius 3 is 2.72 bits per heavy atom. The molecular weight excluding hydrogens is 251 g/mol. The minimum absolute atomic E-state index is 0.0237. The summed E-state index contributed by atoms with van der Waals surface area (Å²) in [6.45, 7) is 0. The van der Waals surface area contributed by atoms with E-state index >= 15 is 0 Å². The fourth-order valence-corrected chi connectivity index (χ4v) is 1.11. The Morgan fingerprint density at radius 1 is 1.56 bits per heavy atom. The normalized spacial score (nSPS) is 10.4. The van der Waals surface area contributed by atoms with E-state index in [1.807, 2.05) is 0 Å². The van der Waals surface area contributed by atoms with Crippen LogP contribution in [0.3, 0.4) is 0 Å². The van der Waals surface area contributed by atoms with Crippen LogP contribution in [0.15, 0.2) is 12.3 Å². The SMILES string of the molecule is COc1ncc(C#CCC(=O)O)cc1C(F)(F)F. The van der Waals surface area contributed by atoms with Crippen molar-refractivity contribution in [2.75, 3.05) is 7.11 Å². The molecule has 1 aromatic rings. The van der Waals surface area contributed by atoms with Crippen molar-refractivity contribution in [3.05, 3.63) is 23.4 Å². The number of halogens is 3. The Bertz CT molecular complexity index is 514. The second kappa shape index (κ2) is 5.40. The molecule has 1 N–H and O–H groups in total. The van der Waals surface area contributed by atoms with Crippen molar-refractivity contribution in [3.8, 4) is 17.7 Å². The molecule has 1 rings (SSSR count). The van der Waals surface area contributed by atoms with Crippen LogP contribution in [0.25, 0.3) is 0 Å². The number of aliphatic carboxylic acids is 1. The van der Waals surface area contributed by atoms with Gasteiger partial charge in [-0.25, -0.2) is 4.98 Å². The Kier molecular flexibility index (Phi) is 4.15. The summed E-state index contributed by atoms with van der Waals surface area (Å²) < 4.78 is 42.3. The lowest BCUT2D eigenvalue weighted by Crippen LogP contribution is -2.09. The van der Waals surface area contributed by atoms with Crippen LogP contribution in [0.5, 0.6) is 5.88 Å². The number of aromatic nitrogens is 1. The third-order valence-corrected chi connectivity index (χ3v) is 1.82. The number of methoxy groups -OCH3 is 1. The summed E-state index contributed by atoms with van der Waals surface area (Å²) in [6.07, 6.45) is -3.97. The van der Waals surface area contributed by atoms with Crippen molar-refractivity contribution in [2.45, 2.75) is 12.6 Å². The first-order chi connectivity index (χ1) is 8.34. The van der Waals surface area contributed by atoms with Gasteiger partial charge in [0.25, 0.3) is 0 Å². The second-order valence-electron chi connectivity index (χ2n) is 3.15. The summed E-state index contributed by atoms with van der Waals surface area (Å²) in [6, 6.07) is 0.765. The summed E-state index contributed by atoms with van der Waals surface area (Å²) in [5.41, 5.74) is -1.07. The molecule has 0 aliphatic heterocycles. The Morgan fingerprint density at radius 2 is 2.22 bits per heavy atom. The maximum Gasteiger partial charge on any atom is 0.421 e. The van der Waals surface area contributed by atoms with E-state index in [2.05, 4.69) is 21.6 Å². The molecule has 0 amide bonds. The first-order valence-electron chi connectivity index (χ1n) is 4.66. The molecule has 0 aliphatic carbocycles. The van der Waals surface area contributed by atoms with Gasteiger partial charge in [-0.1, -0.05) is 11.8 Å². The number of carbonyl (C=O) groups is 1. The molecule has 0 atom stereocenters. The maximum atomic E-state index is 12.6. The Labute approximate surface area is 100 Å². The zero-order valence-corrected chi connectivity index (χ0v) is 9.21. The van der Waals surface area contributed by atoms with E-state index in [-0.39, 0.29) is 5.56 Å². The average Bonchev–Trinajstić information content (AvgIpc) is 2.27. The quantitative estimate of drug-likeness (QED) is 0.824. The van der Waals surface area contributed by atoms with Crippen LogP contribution in [-0.4, -0.2) is 23.2 Å². The highest BCUT2D eigenvalue weighted by Gasteiger charge is 2.35. The third-order valence-electron chi connectivity index (χ3n) is 1.82. The summed E-state index contributed by atoms with van der Waals surface area (Å²) >= 11 is 0. The summed E-state index contributed by atoms with van der Waals surface area (Å²) in [5, 5.41) is 8.34. The van der Waals surface area contributed by atoms with Crippen LogP contribution in [-0.2, 0) is 11.0 Å². The lowest BCUT2D eigenvalue weighted by Gasteiger charge is -2.10. The molecule has 0 saturated heterocycles. The van der Waals surface area contributed by atoms with Gasteiger partial charge < -0.3 is 9.84 Å². The molecule has 0 radical (unpaired) electrons. The van der Waals surface area contributed by atoms with Crippen molar-refractivity contribution in [2.24, 2.45) is 0 Å². The van der Waals surface area contributed by atoms with E-state index in [1.54, 1.807) is 0 Å². The van der Waals surface area contributed by atoms with Gasteiger partial charge in [-0.2, -0.15) is 13.2 Å². The minimum Gasteiger partial charge on any atom is -0.481 e. The van der Waals surface area contributed by atoms with Crippen LogP contribution >= 0.6 is 0 Å². The number of rotatable bonds is 2. The third kappa shape index (κ3) is 3.66. The fourth-order valence-electron chi connectivity index (χ4n) is 1.11. The predicted octanol–water partition coefficient (Wildman–Crippen LogP) is 1.94. The molecule has 96 valence electrons. The highest BCUT2D eigenvalue weighted by Crippen LogP contribution is 2.35. The number of carboxylic acid groups (broad SMARTS) is 1. The first-order valence-corrected chi connectivity index (χ1v) is 4.66. The molecule has 0 fully saturated rings. The van der Waals surface area contributed by atoms with E-state index in [0.29, 0.717) is 0 Å². The highest BCUT2D eigenvalue weighted by molar-refractivity contribution is 5.70. The summed E-state index contributed by atoms with van der Waals surface area (Å²) in [4.78, 5) is 13.7. The van der Waals surface area contributed by atoms with Gasteiger partial charge in [0.15, 0.2) is 0 Å². The zero-order chi connectivity index (χ0) is 13.8. The van der Waals surface area contributed by atoms with Crippen molar-refractivity contribution >= 4 is 5.97 Å². The molecule has 4 nitrogen and oxygen atoms in total. The fraction of sp³-hybridized carbons (Fsp3) is 0.273. The zero-order valence-electron chi connectivity index (χ0n) is 9.21. The molecule has 0 spiro atoms. The van der Waals surface area contributed by atoms with Gasteiger partial charge in [0.2, 0.25) is 5.88 Å². The average molecular weight is 259 g/mol. The van der Waals surface area contributed by atoms with Crippen molar-refractivity contribution in [3.63, 3.8) is 0 Å². The highest BCUT2D eigenvalue weighted by atomic mass is 19.4. The van der Waals surface area contributed by atoms with Crippen LogP contribution in [0.1, 0.15) is 17.5 Å². The van der Waals surface area contributed by atoms with Crippen LogP contribution in [0.4, 0.5) is 13.2 Å². The largest absolute Gasteiger partial charge is 0.481 e. The molecule has 1 heterocycles. The Balaban J connectivity index is 3.10. The van der Waals surface area contributed by atoms with E-state index in [9.17, 15) is 18.0 Å². The number of hydrogen-bond acceptors (Lipinski definition) is 3. The topological polar surface area (TPSA) is 59.4 Å².